The molecule has 0 aliphatic heterocycles. The average molecular weight is 289 g/mol. The predicted octanol–water partition coefficient (Wildman–Crippen LogP) is 3.94. The van der Waals surface area contributed by atoms with E-state index in [1.54, 1.807) is 0 Å². The van der Waals surface area contributed by atoms with Gasteiger partial charge in [-0.2, -0.15) is 0 Å². The van der Waals surface area contributed by atoms with Crippen molar-refractivity contribution in [2.24, 2.45) is 5.73 Å². The van der Waals surface area contributed by atoms with Crippen LogP contribution in [0.15, 0.2) is 34.8 Å². The Labute approximate surface area is 104 Å². The zero-order chi connectivity index (χ0) is 11.1. The van der Waals surface area contributed by atoms with Crippen LogP contribution in [0.1, 0.15) is 18.4 Å². The second-order valence-corrected chi connectivity index (χ2v) is 4.65. The van der Waals surface area contributed by atoms with Gasteiger partial charge in [-0.3, -0.25) is 0 Å². The molecule has 0 fully saturated rings. The first-order chi connectivity index (χ1) is 7.24. The lowest BCUT2D eigenvalue weighted by atomic mass is 10.1. The maximum atomic E-state index is 6.07. The van der Waals surface area contributed by atoms with E-state index < -0.39 is 0 Å². The van der Waals surface area contributed by atoms with Gasteiger partial charge in [0.15, 0.2) is 0 Å². The molecule has 2 N–H and O–H groups in total. The Morgan fingerprint density at radius 3 is 2.73 bits per heavy atom. The molecule has 0 heterocycles. The van der Waals surface area contributed by atoms with Gasteiger partial charge in [0.1, 0.15) is 0 Å². The van der Waals surface area contributed by atoms with Crippen LogP contribution in [0.25, 0.3) is 0 Å². The maximum Gasteiger partial charge on any atom is 0.0438 e. The molecular weight excluding hydrogens is 273 g/mol. The molecule has 15 heavy (non-hydrogen) atoms. The molecule has 0 bridgehead atoms. The third kappa shape index (κ3) is 4.83. The van der Waals surface area contributed by atoms with Crippen LogP contribution in [0, 0.1) is 0 Å². The minimum atomic E-state index is 0.716. The van der Waals surface area contributed by atoms with Crippen molar-refractivity contribution >= 4 is 27.5 Å². The van der Waals surface area contributed by atoms with Crippen molar-refractivity contribution in [3.8, 4) is 0 Å². The Balaban J connectivity index is 2.46. The number of benzene rings is 1. The van der Waals surface area contributed by atoms with E-state index in [1.807, 2.05) is 12.1 Å². The molecule has 0 aromatic heterocycles. The summed E-state index contributed by atoms with van der Waals surface area (Å²) >= 11 is 9.51. The van der Waals surface area contributed by atoms with E-state index in [1.165, 1.54) is 5.56 Å². The summed E-state index contributed by atoms with van der Waals surface area (Å²) in [7, 11) is 0. The first-order valence-corrected chi connectivity index (χ1v) is 6.20. The molecule has 0 aliphatic carbocycles. The summed E-state index contributed by atoms with van der Waals surface area (Å²) in [6.07, 6.45) is 7.21. The Morgan fingerprint density at radius 2 is 2.00 bits per heavy atom. The van der Waals surface area contributed by atoms with E-state index in [0.29, 0.717) is 6.54 Å². The molecule has 1 nitrogen and oxygen atoms in total. The van der Waals surface area contributed by atoms with Crippen molar-refractivity contribution in [2.75, 3.05) is 6.54 Å². The molecule has 3 heteroatoms. The standard InChI is InChI=1S/C12H15BrClN/c13-11-6-7-12(14)10(9-11)5-3-1-2-4-8-15/h1-2,6-7,9H,3-5,8,15H2/b2-1+. The molecule has 0 aliphatic rings. The Hall–Kier alpha value is -0.310. The van der Waals surface area contributed by atoms with Crippen molar-refractivity contribution in [3.05, 3.63) is 45.4 Å². The number of allylic oxidation sites excluding steroid dienone is 1. The minimum Gasteiger partial charge on any atom is -0.330 e. The second kappa shape index (κ2) is 7.04. The van der Waals surface area contributed by atoms with E-state index in [2.05, 4.69) is 34.1 Å². The van der Waals surface area contributed by atoms with E-state index in [0.717, 1.165) is 28.8 Å². The topological polar surface area (TPSA) is 26.0 Å². The van der Waals surface area contributed by atoms with Gasteiger partial charge >= 0.3 is 0 Å². The fraction of sp³-hybridized carbons (Fsp3) is 0.333. The van der Waals surface area contributed by atoms with Gasteiger partial charge in [-0.05, 0) is 49.6 Å². The SMILES string of the molecule is NCC/C=C/CCc1cc(Br)ccc1Cl. The zero-order valence-corrected chi connectivity index (χ0v) is 10.9. The fourth-order valence-electron chi connectivity index (χ4n) is 1.31. The second-order valence-electron chi connectivity index (χ2n) is 3.32. The summed E-state index contributed by atoms with van der Waals surface area (Å²) in [6, 6.07) is 5.94. The van der Waals surface area contributed by atoms with Crippen molar-refractivity contribution in [1.82, 2.24) is 0 Å². The van der Waals surface area contributed by atoms with Gasteiger partial charge in [0.25, 0.3) is 0 Å². The Bertz CT molecular complexity index is 336. The highest BCUT2D eigenvalue weighted by Crippen LogP contribution is 2.22. The van der Waals surface area contributed by atoms with Gasteiger partial charge in [0.05, 0.1) is 0 Å². The van der Waals surface area contributed by atoms with Crippen LogP contribution in [0.5, 0.6) is 0 Å². The summed E-state index contributed by atoms with van der Waals surface area (Å²) in [5.74, 6) is 0. The van der Waals surface area contributed by atoms with Crippen LogP contribution in [0.3, 0.4) is 0 Å². The van der Waals surface area contributed by atoms with Gasteiger partial charge in [-0.15, -0.1) is 0 Å². The first-order valence-electron chi connectivity index (χ1n) is 5.03. The molecule has 1 aromatic rings. The number of rotatable bonds is 5. The van der Waals surface area contributed by atoms with Crippen LogP contribution >= 0.6 is 27.5 Å². The lowest BCUT2D eigenvalue weighted by molar-refractivity contribution is 0.965. The molecular formula is C12H15BrClN. The third-order valence-corrected chi connectivity index (χ3v) is 2.95. The third-order valence-electron chi connectivity index (χ3n) is 2.09. The van der Waals surface area contributed by atoms with E-state index in [-0.39, 0.29) is 0 Å². The largest absolute Gasteiger partial charge is 0.330 e. The minimum absolute atomic E-state index is 0.716. The summed E-state index contributed by atoms with van der Waals surface area (Å²) in [5, 5.41) is 0.838. The van der Waals surface area contributed by atoms with Crippen LogP contribution in [0.4, 0.5) is 0 Å². The quantitative estimate of drug-likeness (QED) is 0.816. The molecule has 0 unspecified atom stereocenters. The monoisotopic (exact) mass is 287 g/mol. The van der Waals surface area contributed by atoms with E-state index in [9.17, 15) is 0 Å². The number of hydrogen-bond acceptors (Lipinski definition) is 1. The normalized spacial score (nSPS) is 11.1. The average Bonchev–Trinajstić information content (AvgIpc) is 2.23. The maximum absolute atomic E-state index is 6.07. The summed E-state index contributed by atoms with van der Waals surface area (Å²) in [6.45, 7) is 0.716. The number of aryl methyl sites for hydroxylation is 1. The highest BCUT2D eigenvalue weighted by atomic mass is 79.9. The molecule has 82 valence electrons. The summed E-state index contributed by atoms with van der Waals surface area (Å²) in [5.41, 5.74) is 6.57. The highest BCUT2D eigenvalue weighted by Gasteiger charge is 1.99. The van der Waals surface area contributed by atoms with Crippen molar-refractivity contribution in [1.29, 1.82) is 0 Å². The molecule has 0 saturated carbocycles. The molecule has 0 saturated heterocycles. The lowest BCUT2D eigenvalue weighted by Crippen LogP contribution is -1.95. The molecule has 0 atom stereocenters. The van der Waals surface area contributed by atoms with E-state index in [4.69, 9.17) is 17.3 Å². The van der Waals surface area contributed by atoms with Crippen LogP contribution in [-0.2, 0) is 6.42 Å². The van der Waals surface area contributed by atoms with Crippen molar-refractivity contribution in [3.63, 3.8) is 0 Å². The number of halogens is 2. The van der Waals surface area contributed by atoms with Gasteiger partial charge in [0, 0.05) is 9.50 Å². The van der Waals surface area contributed by atoms with Gasteiger partial charge in [-0.1, -0.05) is 39.7 Å². The van der Waals surface area contributed by atoms with Crippen molar-refractivity contribution < 1.29 is 0 Å². The highest BCUT2D eigenvalue weighted by molar-refractivity contribution is 9.10. The van der Waals surface area contributed by atoms with E-state index >= 15 is 0 Å². The van der Waals surface area contributed by atoms with Crippen molar-refractivity contribution in [2.45, 2.75) is 19.3 Å². The molecule has 0 radical (unpaired) electrons. The predicted molar refractivity (Wildman–Crippen MR) is 70.3 cm³/mol. The number of nitrogens with two attached hydrogens (primary N) is 1. The zero-order valence-electron chi connectivity index (χ0n) is 8.55. The lowest BCUT2D eigenvalue weighted by Gasteiger charge is -2.02. The smallest absolute Gasteiger partial charge is 0.0438 e. The molecule has 1 rings (SSSR count). The summed E-state index contributed by atoms with van der Waals surface area (Å²) in [4.78, 5) is 0. The van der Waals surface area contributed by atoms with Crippen LogP contribution < -0.4 is 5.73 Å². The summed E-state index contributed by atoms with van der Waals surface area (Å²) < 4.78 is 1.08. The Kier molecular flexibility index (Phi) is 5.99. The first kappa shape index (κ1) is 12.8. The van der Waals surface area contributed by atoms with Gasteiger partial charge < -0.3 is 5.73 Å². The molecule has 0 spiro atoms. The van der Waals surface area contributed by atoms with Crippen LogP contribution in [-0.4, -0.2) is 6.54 Å². The number of hydrogen-bond donors (Lipinski definition) is 1. The van der Waals surface area contributed by atoms with Gasteiger partial charge in [-0.25, -0.2) is 0 Å². The molecule has 0 amide bonds. The fourth-order valence-corrected chi connectivity index (χ4v) is 1.93. The van der Waals surface area contributed by atoms with Crippen LogP contribution in [0.2, 0.25) is 5.02 Å². The van der Waals surface area contributed by atoms with Gasteiger partial charge in [0.2, 0.25) is 0 Å². The Morgan fingerprint density at radius 1 is 1.27 bits per heavy atom. The molecule has 1 aromatic carbocycles.